The number of nitrogens with zero attached hydrogens (tertiary/aromatic N) is 4. The van der Waals surface area contributed by atoms with Gasteiger partial charge in [0.05, 0.1) is 6.10 Å². The van der Waals surface area contributed by atoms with Gasteiger partial charge in [0.25, 0.3) is 0 Å². The highest BCUT2D eigenvalue weighted by atomic mass is 35.5. The van der Waals surface area contributed by atoms with E-state index in [9.17, 15) is 5.11 Å². The topological polar surface area (TPSA) is 52.5 Å². The van der Waals surface area contributed by atoms with E-state index in [4.69, 9.17) is 11.6 Å². The molecule has 2 aromatic rings. The number of anilines is 1. The van der Waals surface area contributed by atoms with Gasteiger partial charge >= 0.3 is 0 Å². The molecular formula is C18H25ClN4OS. The van der Waals surface area contributed by atoms with Gasteiger partial charge in [0.15, 0.2) is 0 Å². The maximum atomic E-state index is 9.68. The molecule has 1 N–H and O–H groups in total. The molecule has 136 valence electrons. The fourth-order valence-corrected chi connectivity index (χ4v) is 4.29. The Labute approximate surface area is 158 Å². The summed E-state index contributed by atoms with van der Waals surface area (Å²) in [5, 5.41) is 21.2. The average molecular weight is 381 g/mol. The van der Waals surface area contributed by atoms with E-state index in [1.807, 2.05) is 31.2 Å². The number of aliphatic hydroxyl groups is 1. The minimum Gasteiger partial charge on any atom is -0.392 e. The monoisotopic (exact) mass is 380 g/mol. The Hall–Kier alpha value is -1.21. The zero-order valence-electron chi connectivity index (χ0n) is 14.7. The van der Waals surface area contributed by atoms with Crippen LogP contribution in [0.3, 0.4) is 0 Å². The second-order valence-electron chi connectivity index (χ2n) is 6.63. The van der Waals surface area contributed by atoms with Gasteiger partial charge in [-0.25, -0.2) is 0 Å². The van der Waals surface area contributed by atoms with Crippen LogP contribution < -0.4 is 4.90 Å². The average Bonchev–Trinajstić information content (AvgIpc) is 3.05. The fourth-order valence-electron chi connectivity index (χ4n) is 3.25. The lowest BCUT2D eigenvalue weighted by Gasteiger charge is -2.41. The highest BCUT2D eigenvalue weighted by Crippen LogP contribution is 2.26. The maximum Gasteiger partial charge on any atom is 0.208 e. The normalized spacial score (nSPS) is 20.0. The van der Waals surface area contributed by atoms with E-state index >= 15 is 0 Å². The van der Waals surface area contributed by atoms with Crippen molar-refractivity contribution < 1.29 is 5.11 Å². The maximum absolute atomic E-state index is 9.68. The second kappa shape index (κ2) is 8.45. The van der Waals surface area contributed by atoms with Gasteiger partial charge in [0.1, 0.15) is 5.01 Å². The van der Waals surface area contributed by atoms with Crippen LogP contribution in [0.4, 0.5) is 5.13 Å². The molecule has 1 aliphatic heterocycles. The summed E-state index contributed by atoms with van der Waals surface area (Å²) in [5.74, 6) is 0. The van der Waals surface area contributed by atoms with Crippen molar-refractivity contribution in [1.29, 1.82) is 0 Å². The van der Waals surface area contributed by atoms with Crippen LogP contribution in [-0.2, 0) is 6.42 Å². The van der Waals surface area contributed by atoms with Crippen molar-refractivity contribution in [2.24, 2.45) is 0 Å². The molecule has 1 aromatic heterocycles. The van der Waals surface area contributed by atoms with E-state index in [-0.39, 0.29) is 6.10 Å². The van der Waals surface area contributed by atoms with E-state index in [2.05, 4.69) is 26.9 Å². The minimum absolute atomic E-state index is 0.284. The SMILES string of the molecule is CCC1CN(c2nnc(Cc3ccc(Cl)cc3)s2)CCN1CC(C)O. The summed E-state index contributed by atoms with van der Waals surface area (Å²) in [6.07, 6.45) is 1.57. The molecule has 0 amide bonds. The van der Waals surface area contributed by atoms with Gasteiger partial charge < -0.3 is 10.0 Å². The van der Waals surface area contributed by atoms with Crippen LogP contribution in [0.15, 0.2) is 24.3 Å². The standard InChI is InChI=1S/C18H25ClN4OS/c1-3-16-12-23(9-8-22(16)11-13(2)24)18-21-20-17(25-18)10-14-4-6-15(19)7-5-14/h4-7,13,16,24H,3,8-12H2,1-2H3. The van der Waals surface area contributed by atoms with Crippen molar-refractivity contribution in [3.63, 3.8) is 0 Å². The Balaban J connectivity index is 1.63. The number of halogens is 1. The van der Waals surface area contributed by atoms with E-state index < -0.39 is 0 Å². The van der Waals surface area contributed by atoms with E-state index in [1.165, 1.54) is 5.56 Å². The van der Waals surface area contributed by atoms with Crippen molar-refractivity contribution in [2.75, 3.05) is 31.1 Å². The summed E-state index contributed by atoms with van der Waals surface area (Å²) >= 11 is 7.61. The molecule has 0 aliphatic carbocycles. The molecule has 2 unspecified atom stereocenters. The number of piperazine rings is 1. The Bertz CT molecular complexity index is 676. The zero-order chi connectivity index (χ0) is 17.8. The molecule has 2 heterocycles. The summed E-state index contributed by atoms with van der Waals surface area (Å²) < 4.78 is 0. The Morgan fingerprint density at radius 3 is 2.72 bits per heavy atom. The van der Waals surface area contributed by atoms with Crippen LogP contribution in [0.25, 0.3) is 0 Å². The quantitative estimate of drug-likeness (QED) is 0.834. The van der Waals surface area contributed by atoms with E-state index in [0.29, 0.717) is 6.04 Å². The van der Waals surface area contributed by atoms with Crippen LogP contribution in [0.2, 0.25) is 5.02 Å². The number of β-amino-alcohol motifs (C(OH)–C–C–N with tert-alkyl or cyclic N) is 1. The summed E-state index contributed by atoms with van der Waals surface area (Å²) in [7, 11) is 0. The molecule has 25 heavy (non-hydrogen) atoms. The first kappa shape index (κ1) is 18.6. The van der Waals surface area contributed by atoms with E-state index in [0.717, 1.165) is 54.2 Å². The molecule has 3 rings (SSSR count). The van der Waals surface area contributed by atoms with Crippen LogP contribution >= 0.6 is 22.9 Å². The Morgan fingerprint density at radius 2 is 2.04 bits per heavy atom. The number of rotatable bonds is 6. The third-order valence-electron chi connectivity index (χ3n) is 4.57. The summed E-state index contributed by atoms with van der Waals surface area (Å²) in [6, 6.07) is 8.33. The molecule has 0 radical (unpaired) electrons. The molecule has 0 saturated carbocycles. The molecule has 1 saturated heterocycles. The molecule has 1 aromatic carbocycles. The number of hydrogen-bond acceptors (Lipinski definition) is 6. The van der Waals surface area contributed by atoms with Gasteiger partial charge in [-0.2, -0.15) is 0 Å². The third kappa shape index (κ3) is 4.91. The lowest BCUT2D eigenvalue weighted by Crippen LogP contribution is -2.54. The molecule has 2 atom stereocenters. The first-order chi connectivity index (χ1) is 12.0. The minimum atomic E-state index is -0.284. The predicted molar refractivity (Wildman–Crippen MR) is 104 cm³/mol. The molecule has 0 spiro atoms. The second-order valence-corrected chi connectivity index (χ2v) is 8.11. The molecular weight excluding hydrogens is 356 g/mol. The number of aromatic nitrogens is 2. The highest BCUT2D eigenvalue weighted by Gasteiger charge is 2.28. The van der Waals surface area contributed by atoms with Crippen molar-refractivity contribution in [3.8, 4) is 0 Å². The molecule has 7 heteroatoms. The van der Waals surface area contributed by atoms with Gasteiger partial charge in [-0.1, -0.05) is 42.0 Å². The van der Waals surface area contributed by atoms with Gasteiger partial charge in [-0.3, -0.25) is 4.90 Å². The molecule has 5 nitrogen and oxygen atoms in total. The zero-order valence-corrected chi connectivity index (χ0v) is 16.3. The lowest BCUT2D eigenvalue weighted by molar-refractivity contribution is 0.0885. The van der Waals surface area contributed by atoms with Crippen LogP contribution in [0, 0.1) is 0 Å². The van der Waals surface area contributed by atoms with Crippen molar-refractivity contribution in [3.05, 3.63) is 39.9 Å². The summed E-state index contributed by atoms with van der Waals surface area (Å²) in [5.41, 5.74) is 1.19. The van der Waals surface area contributed by atoms with Gasteiger partial charge in [0.2, 0.25) is 5.13 Å². The van der Waals surface area contributed by atoms with Gasteiger partial charge in [-0.15, -0.1) is 10.2 Å². The molecule has 1 aliphatic rings. The third-order valence-corrected chi connectivity index (χ3v) is 5.81. The predicted octanol–water partition coefficient (Wildman–Crippen LogP) is 3.06. The molecule has 0 bridgehead atoms. The first-order valence-corrected chi connectivity index (χ1v) is 9.98. The van der Waals surface area contributed by atoms with Crippen molar-refractivity contribution in [1.82, 2.24) is 15.1 Å². The van der Waals surface area contributed by atoms with Gasteiger partial charge in [-0.05, 0) is 31.0 Å². The van der Waals surface area contributed by atoms with Crippen molar-refractivity contribution in [2.45, 2.75) is 38.8 Å². The van der Waals surface area contributed by atoms with Gasteiger partial charge in [0, 0.05) is 43.7 Å². The summed E-state index contributed by atoms with van der Waals surface area (Å²) in [4.78, 5) is 4.71. The largest absolute Gasteiger partial charge is 0.392 e. The lowest BCUT2D eigenvalue weighted by atomic mass is 10.1. The molecule has 1 fully saturated rings. The Morgan fingerprint density at radius 1 is 1.28 bits per heavy atom. The highest BCUT2D eigenvalue weighted by molar-refractivity contribution is 7.15. The van der Waals surface area contributed by atoms with Crippen LogP contribution in [-0.4, -0.2) is 58.5 Å². The number of benzene rings is 1. The van der Waals surface area contributed by atoms with E-state index in [1.54, 1.807) is 11.3 Å². The Kier molecular flexibility index (Phi) is 6.28. The number of hydrogen-bond donors (Lipinski definition) is 1. The summed E-state index contributed by atoms with van der Waals surface area (Å²) in [6.45, 7) is 7.62. The van der Waals surface area contributed by atoms with Crippen molar-refractivity contribution >= 4 is 28.1 Å². The van der Waals surface area contributed by atoms with Crippen LogP contribution in [0.5, 0.6) is 0 Å². The number of aliphatic hydroxyl groups excluding tert-OH is 1. The smallest absolute Gasteiger partial charge is 0.208 e. The fraction of sp³-hybridized carbons (Fsp3) is 0.556. The van der Waals surface area contributed by atoms with Crippen LogP contribution in [0.1, 0.15) is 30.8 Å². The first-order valence-electron chi connectivity index (χ1n) is 8.79.